The van der Waals surface area contributed by atoms with E-state index < -0.39 is 0 Å². The zero-order valence-corrected chi connectivity index (χ0v) is 16.7. The molecule has 4 fully saturated rings. The Morgan fingerprint density at radius 2 is 1.67 bits per heavy atom. The van der Waals surface area contributed by atoms with Crippen molar-refractivity contribution < 1.29 is 14.3 Å². The van der Waals surface area contributed by atoms with Crippen LogP contribution >= 0.6 is 0 Å². The summed E-state index contributed by atoms with van der Waals surface area (Å²) in [6.45, 7) is 4.05. The van der Waals surface area contributed by atoms with E-state index in [-0.39, 0.29) is 5.92 Å². The molecule has 5 heteroatoms. The molecule has 0 bridgehead atoms. The van der Waals surface area contributed by atoms with Gasteiger partial charge in [-0.2, -0.15) is 0 Å². The predicted octanol–water partition coefficient (Wildman–Crippen LogP) is 3.22. The zero-order valence-electron chi connectivity index (χ0n) is 16.7. The molecule has 0 radical (unpaired) electrons. The van der Waals surface area contributed by atoms with E-state index in [2.05, 4.69) is 9.80 Å². The van der Waals surface area contributed by atoms with Crippen molar-refractivity contribution in [3.63, 3.8) is 0 Å². The number of hydrogen-bond donors (Lipinski definition) is 0. The zero-order chi connectivity index (χ0) is 18.6. The van der Waals surface area contributed by atoms with Gasteiger partial charge in [-0.3, -0.25) is 9.59 Å². The van der Waals surface area contributed by atoms with Crippen LogP contribution in [-0.4, -0.2) is 60.5 Å². The maximum absolute atomic E-state index is 12.9. The number of hydrogen-bond acceptors (Lipinski definition) is 3. The lowest BCUT2D eigenvalue weighted by Gasteiger charge is -2.48. The van der Waals surface area contributed by atoms with Gasteiger partial charge in [0.15, 0.2) is 0 Å². The van der Waals surface area contributed by atoms with Gasteiger partial charge in [0.1, 0.15) is 0 Å². The maximum Gasteiger partial charge on any atom is 0.225 e. The van der Waals surface area contributed by atoms with Crippen LogP contribution in [0, 0.1) is 17.8 Å². The molecular weight excluding hydrogens is 340 g/mol. The first-order valence-corrected chi connectivity index (χ1v) is 11.4. The third-order valence-electron chi connectivity index (χ3n) is 7.51. The van der Waals surface area contributed by atoms with Crippen LogP contribution in [0.15, 0.2) is 0 Å². The topological polar surface area (TPSA) is 49.9 Å². The molecule has 3 aliphatic heterocycles. The van der Waals surface area contributed by atoms with Gasteiger partial charge in [-0.1, -0.05) is 25.7 Å². The number of piperidine rings is 2. The lowest BCUT2D eigenvalue weighted by atomic mass is 9.82. The molecule has 5 nitrogen and oxygen atoms in total. The number of ether oxygens (including phenoxy) is 1. The van der Waals surface area contributed by atoms with Gasteiger partial charge < -0.3 is 14.5 Å². The summed E-state index contributed by atoms with van der Waals surface area (Å²) in [5.74, 6) is 2.13. The smallest absolute Gasteiger partial charge is 0.225 e. The second-order valence-electron chi connectivity index (χ2n) is 9.21. The predicted molar refractivity (Wildman–Crippen MR) is 104 cm³/mol. The Bertz CT molecular complexity index is 526. The third kappa shape index (κ3) is 4.49. The highest BCUT2D eigenvalue weighted by Gasteiger charge is 2.40. The lowest BCUT2D eigenvalue weighted by molar-refractivity contribution is -0.145. The van der Waals surface area contributed by atoms with Gasteiger partial charge in [-0.05, 0) is 50.4 Å². The van der Waals surface area contributed by atoms with E-state index in [0.29, 0.717) is 23.8 Å². The van der Waals surface area contributed by atoms with Crippen LogP contribution in [0.25, 0.3) is 0 Å². The van der Waals surface area contributed by atoms with Crippen LogP contribution in [0.2, 0.25) is 0 Å². The summed E-state index contributed by atoms with van der Waals surface area (Å²) in [4.78, 5) is 30.1. The summed E-state index contributed by atoms with van der Waals surface area (Å²) in [7, 11) is 0. The van der Waals surface area contributed by atoms with Crippen molar-refractivity contribution in [2.24, 2.45) is 17.8 Å². The van der Waals surface area contributed by atoms with E-state index in [9.17, 15) is 9.59 Å². The fourth-order valence-corrected chi connectivity index (χ4v) is 5.89. The average Bonchev–Trinajstić information content (AvgIpc) is 3.25. The second-order valence-corrected chi connectivity index (χ2v) is 9.21. The lowest BCUT2D eigenvalue weighted by Crippen LogP contribution is -2.57. The molecule has 3 saturated heterocycles. The molecule has 2 atom stereocenters. The molecule has 1 aliphatic carbocycles. The Balaban J connectivity index is 1.30. The Labute approximate surface area is 163 Å². The molecule has 4 aliphatic rings. The van der Waals surface area contributed by atoms with Gasteiger partial charge in [-0.25, -0.2) is 0 Å². The Hall–Kier alpha value is -1.10. The van der Waals surface area contributed by atoms with E-state index >= 15 is 0 Å². The number of carbonyl (C=O) groups is 2. The average molecular weight is 377 g/mol. The highest BCUT2D eigenvalue weighted by Crippen LogP contribution is 2.34. The normalized spacial score (nSPS) is 30.4. The highest BCUT2D eigenvalue weighted by atomic mass is 16.5. The van der Waals surface area contributed by atoms with Gasteiger partial charge in [0.2, 0.25) is 11.8 Å². The van der Waals surface area contributed by atoms with Crippen LogP contribution in [-0.2, 0) is 14.3 Å². The molecule has 27 heavy (non-hydrogen) atoms. The van der Waals surface area contributed by atoms with Gasteiger partial charge in [0.25, 0.3) is 0 Å². The number of carbonyl (C=O) groups excluding carboxylic acids is 2. The Kier molecular flexibility index (Phi) is 6.36. The molecule has 0 aromatic rings. The molecule has 4 rings (SSSR count). The minimum Gasteiger partial charge on any atom is -0.381 e. The molecule has 152 valence electrons. The molecule has 0 N–H and O–H groups in total. The standard InChI is InChI=1S/C22H36N2O3/c25-21(8-7-17-4-1-2-5-17)24-12-3-6-19-16-23(13-9-20(19)24)22(26)18-10-14-27-15-11-18/h17-20H,1-16H2/t19-,20+/m1/s1. The summed E-state index contributed by atoms with van der Waals surface area (Å²) in [6, 6.07) is 0.369. The van der Waals surface area contributed by atoms with Crippen LogP contribution in [0.5, 0.6) is 0 Å². The molecule has 1 saturated carbocycles. The molecule has 0 aromatic heterocycles. The monoisotopic (exact) mass is 376 g/mol. The van der Waals surface area contributed by atoms with Gasteiger partial charge in [0.05, 0.1) is 0 Å². The van der Waals surface area contributed by atoms with E-state index in [1.807, 2.05) is 0 Å². The number of rotatable bonds is 4. The SMILES string of the molecule is O=C(C1CCOCC1)N1CC[C@H]2[C@H](CCCN2C(=O)CCC2CCCC2)C1. The molecule has 3 heterocycles. The first-order valence-electron chi connectivity index (χ1n) is 11.4. The summed E-state index contributed by atoms with van der Waals surface area (Å²) in [5, 5.41) is 0. The second kappa shape index (κ2) is 8.93. The molecular formula is C22H36N2O3. The van der Waals surface area contributed by atoms with E-state index in [0.717, 1.165) is 83.7 Å². The van der Waals surface area contributed by atoms with Gasteiger partial charge in [-0.15, -0.1) is 0 Å². The van der Waals surface area contributed by atoms with Crippen molar-refractivity contribution in [3.8, 4) is 0 Å². The summed E-state index contributed by atoms with van der Waals surface area (Å²) >= 11 is 0. The van der Waals surface area contributed by atoms with E-state index in [4.69, 9.17) is 4.74 Å². The first kappa shape index (κ1) is 19.2. The summed E-state index contributed by atoms with van der Waals surface area (Å²) in [6.07, 6.45) is 12.1. The fourth-order valence-electron chi connectivity index (χ4n) is 5.89. The van der Waals surface area contributed by atoms with Crippen molar-refractivity contribution in [1.29, 1.82) is 0 Å². The van der Waals surface area contributed by atoms with Crippen LogP contribution in [0.4, 0.5) is 0 Å². The van der Waals surface area contributed by atoms with Crippen molar-refractivity contribution in [2.75, 3.05) is 32.8 Å². The number of fused-ring (bicyclic) bond motifs is 1. The molecule has 2 amide bonds. The van der Waals surface area contributed by atoms with Crippen molar-refractivity contribution in [1.82, 2.24) is 9.80 Å². The summed E-state index contributed by atoms with van der Waals surface area (Å²) < 4.78 is 5.41. The van der Waals surface area contributed by atoms with Crippen molar-refractivity contribution in [2.45, 2.75) is 76.7 Å². The van der Waals surface area contributed by atoms with Crippen LogP contribution in [0.3, 0.4) is 0 Å². The molecule has 0 aromatic carbocycles. The highest BCUT2D eigenvalue weighted by molar-refractivity contribution is 5.79. The quantitative estimate of drug-likeness (QED) is 0.757. The third-order valence-corrected chi connectivity index (χ3v) is 7.51. The van der Waals surface area contributed by atoms with Crippen LogP contribution in [0.1, 0.15) is 70.6 Å². The van der Waals surface area contributed by atoms with Gasteiger partial charge >= 0.3 is 0 Å². The number of nitrogens with zero attached hydrogens (tertiary/aromatic N) is 2. The van der Waals surface area contributed by atoms with Crippen molar-refractivity contribution >= 4 is 11.8 Å². The van der Waals surface area contributed by atoms with E-state index in [1.54, 1.807) is 0 Å². The first-order chi connectivity index (χ1) is 13.2. The molecule has 0 unspecified atom stereocenters. The van der Waals surface area contributed by atoms with Gasteiger partial charge in [0, 0.05) is 51.2 Å². The number of amides is 2. The molecule has 0 spiro atoms. The minimum absolute atomic E-state index is 0.156. The minimum atomic E-state index is 0.156. The Morgan fingerprint density at radius 1 is 0.889 bits per heavy atom. The van der Waals surface area contributed by atoms with E-state index in [1.165, 1.54) is 25.7 Å². The fraction of sp³-hybridized carbons (Fsp3) is 0.909. The summed E-state index contributed by atoms with van der Waals surface area (Å²) in [5.41, 5.74) is 0. The largest absolute Gasteiger partial charge is 0.381 e. The number of likely N-dealkylation sites (tertiary alicyclic amines) is 2. The van der Waals surface area contributed by atoms with Crippen molar-refractivity contribution in [3.05, 3.63) is 0 Å². The van der Waals surface area contributed by atoms with Crippen LogP contribution < -0.4 is 0 Å². The Morgan fingerprint density at radius 3 is 2.44 bits per heavy atom. The maximum atomic E-state index is 12.9.